The van der Waals surface area contributed by atoms with Crippen LogP contribution in [-0.4, -0.2) is 54.2 Å². The normalized spacial score (nSPS) is 20.7. The molecular formula is C35H30F7IN6O2. The number of hydrogen-bond acceptors (Lipinski definition) is 5. The van der Waals surface area contributed by atoms with Crippen molar-refractivity contribution in [2.45, 2.75) is 73.9 Å². The zero-order valence-electron chi connectivity index (χ0n) is 27.2. The first kappa shape index (κ1) is 36.5. The lowest BCUT2D eigenvalue weighted by molar-refractivity contribution is -0.142. The minimum Gasteiger partial charge on any atom is -0.378 e. The number of rotatable bonds is 7. The first-order chi connectivity index (χ1) is 23.8. The molecule has 0 saturated heterocycles. The summed E-state index contributed by atoms with van der Waals surface area (Å²) in [5, 5.41) is 17.1. The molecular weight excluding hydrogens is 796 g/mol. The summed E-state index contributed by atoms with van der Waals surface area (Å²) >= 11 is 1.53. The highest BCUT2D eigenvalue weighted by Crippen LogP contribution is 2.58. The Labute approximate surface area is 300 Å². The second-order valence-electron chi connectivity index (χ2n) is 13.0. The standard InChI is InChI=1S/C35H30F7IN6O2/c1-17-28(43)27-30(35(40,41)42)48-49(31(27)34(17,38)39)16-26(50)47-25(12-18-10-21(36)14-22(37)11-18)29-24(5-4-23(46-29)6-8-33(2,3)51)20-13-19-7-9-44-32(19)45-15-20/h5,7,9-11,13-15,17,23,25,28,51H,4,12,16H2,1-3H3,(H,44,45)(H,47,50)/t17-,23?,25+,28+/m1/s1. The van der Waals surface area contributed by atoms with Crippen molar-refractivity contribution in [3.63, 3.8) is 0 Å². The Balaban J connectivity index is 1.43. The smallest absolute Gasteiger partial charge is 0.378 e. The number of alkyl halides is 6. The molecule has 0 saturated carbocycles. The Morgan fingerprint density at radius 2 is 1.90 bits per heavy atom. The number of aromatic amines is 1. The van der Waals surface area contributed by atoms with Gasteiger partial charge in [0.05, 0.1) is 11.8 Å². The number of amides is 1. The van der Waals surface area contributed by atoms with E-state index in [1.54, 1.807) is 30.6 Å². The Morgan fingerprint density at radius 1 is 1.20 bits per heavy atom. The minimum absolute atomic E-state index is 0.0937. The van der Waals surface area contributed by atoms with Crippen LogP contribution in [0.3, 0.4) is 0 Å². The molecule has 0 spiro atoms. The predicted octanol–water partition coefficient (Wildman–Crippen LogP) is 7.07. The van der Waals surface area contributed by atoms with Gasteiger partial charge in [-0.15, -0.1) is 0 Å². The van der Waals surface area contributed by atoms with Crippen molar-refractivity contribution in [2.75, 3.05) is 0 Å². The number of aliphatic hydroxyl groups is 1. The van der Waals surface area contributed by atoms with E-state index in [-0.39, 0.29) is 24.1 Å². The predicted molar refractivity (Wildman–Crippen MR) is 183 cm³/mol. The van der Waals surface area contributed by atoms with Crippen LogP contribution in [-0.2, 0) is 29.9 Å². The fraction of sp³-hybridized carbons (Fsp3) is 0.371. The van der Waals surface area contributed by atoms with Crippen molar-refractivity contribution >= 4 is 50.8 Å². The number of H-pyrrole nitrogens is 1. The van der Waals surface area contributed by atoms with Gasteiger partial charge in [0.2, 0.25) is 5.91 Å². The largest absolute Gasteiger partial charge is 0.435 e. The first-order valence-electron chi connectivity index (χ1n) is 15.7. The molecule has 4 aromatic rings. The van der Waals surface area contributed by atoms with Gasteiger partial charge in [0.25, 0.3) is 5.92 Å². The van der Waals surface area contributed by atoms with Crippen molar-refractivity contribution in [2.24, 2.45) is 10.9 Å². The summed E-state index contributed by atoms with van der Waals surface area (Å²) in [5.41, 5.74) is -2.65. The van der Waals surface area contributed by atoms with Crippen LogP contribution in [0.2, 0.25) is 0 Å². The summed E-state index contributed by atoms with van der Waals surface area (Å²) in [4.78, 5) is 25.9. The molecule has 51 heavy (non-hydrogen) atoms. The van der Waals surface area contributed by atoms with Gasteiger partial charge < -0.3 is 15.4 Å². The van der Waals surface area contributed by atoms with Gasteiger partial charge in [0.1, 0.15) is 41.2 Å². The van der Waals surface area contributed by atoms with E-state index in [0.29, 0.717) is 27.5 Å². The molecule has 6 rings (SSSR count). The average molecular weight is 827 g/mol. The molecule has 16 heteroatoms. The van der Waals surface area contributed by atoms with E-state index in [2.05, 4.69) is 32.2 Å². The summed E-state index contributed by atoms with van der Waals surface area (Å²) in [5.74, 6) is -2.44. The molecule has 1 aromatic carbocycles. The number of halogens is 8. The van der Waals surface area contributed by atoms with Crippen molar-refractivity contribution in [1.29, 1.82) is 0 Å². The number of nitrogens with one attached hydrogen (secondary N) is 2. The van der Waals surface area contributed by atoms with Crippen molar-refractivity contribution in [1.82, 2.24) is 25.1 Å². The van der Waals surface area contributed by atoms with Crippen molar-refractivity contribution in [3.8, 4) is 11.8 Å². The topological polar surface area (TPSA) is 108 Å². The number of nitrogens with zero attached hydrogens (tertiary/aromatic N) is 4. The van der Waals surface area contributed by atoms with E-state index in [0.717, 1.165) is 24.4 Å². The van der Waals surface area contributed by atoms with Crippen LogP contribution in [0.15, 0.2) is 53.8 Å². The zero-order chi connectivity index (χ0) is 37.0. The first-order valence-corrected chi connectivity index (χ1v) is 17.0. The molecule has 0 radical (unpaired) electrons. The Hall–Kier alpha value is -4.24. The number of hydrogen-bond donors (Lipinski definition) is 3. The van der Waals surface area contributed by atoms with Crippen LogP contribution in [0.25, 0.3) is 16.6 Å². The molecule has 8 nitrogen and oxygen atoms in total. The molecule has 0 fully saturated rings. The number of aliphatic imine (C=N–C) groups is 1. The molecule has 1 aliphatic carbocycles. The van der Waals surface area contributed by atoms with Crippen molar-refractivity contribution < 1.29 is 40.6 Å². The minimum atomic E-state index is -5.07. The molecule has 1 unspecified atom stereocenters. The van der Waals surface area contributed by atoms with Crippen LogP contribution in [0, 0.1) is 29.4 Å². The van der Waals surface area contributed by atoms with Gasteiger partial charge in [-0.25, -0.2) is 13.8 Å². The highest BCUT2D eigenvalue weighted by atomic mass is 127. The maximum Gasteiger partial charge on any atom is 0.435 e. The maximum absolute atomic E-state index is 15.4. The number of pyridine rings is 1. The molecule has 1 amide bonds. The summed E-state index contributed by atoms with van der Waals surface area (Å²) in [6.07, 6.45) is -0.0344. The third kappa shape index (κ3) is 7.55. The van der Waals surface area contributed by atoms with E-state index < -0.39 is 80.7 Å². The molecule has 2 aliphatic rings. The summed E-state index contributed by atoms with van der Waals surface area (Å²) < 4.78 is 101. The molecule has 1 aliphatic heterocycles. The van der Waals surface area contributed by atoms with Gasteiger partial charge >= 0.3 is 6.18 Å². The number of benzene rings is 1. The second-order valence-corrected chi connectivity index (χ2v) is 14.4. The van der Waals surface area contributed by atoms with E-state index in [4.69, 9.17) is 4.99 Å². The molecule has 0 bridgehead atoms. The third-order valence-corrected chi connectivity index (χ3v) is 10.3. The van der Waals surface area contributed by atoms with E-state index >= 15 is 8.78 Å². The van der Waals surface area contributed by atoms with Crippen LogP contribution in [0.4, 0.5) is 30.7 Å². The SMILES string of the molecule is C[C@@H]1[C@H](I)c2c(C(F)(F)F)nn(CC(=O)N[C@@H](Cc3cc(F)cc(F)c3)C3=NC(C#CC(C)(C)O)CC=C3c3cnc4[nH]ccc4c3)c2C1(F)F. The maximum atomic E-state index is 15.4. The lowest BCUT2D eigenvalue weighted by Gasteiger charge is -2.27. The van der Waals surface area contributed by atoms with Crippen molar-refractivity contribution in [3.05, 3.63) is 88.5 Å². The number of aromatic nitrogens is 4. The number of fused-ring (bicyclic) bond motifs is 2. The fourth-order valence-corrected chi connectivity index (χ4v) is 7.27. The highest BCUT2D eigenvalue weighted by Gasteiger charge is 2.58. The van der Waals surface area contributed by atoms with E-state index in [1.165, 1.54) is 36.4 Å². The molecule has 3 N–H and O–H groups in total. The van der Waals surface area contributed by atoms with Gasteiger partial charge in [0, 0.05) is 50.4 Å². The van der Waals surface area contributed by atoms with Crippen LogP contribution >= 0.6 is 22.6 Å². The Kier molecular flexibility index (Phi) is 9.59. The zero-order valence-corrected chi connectivity index (χ0v) is 29.4. The second kappa shape index (κ2) is 13.4. The lowest BCUT2D eigenvalue weighted by Crippen LogP contribution is -2.45. The molecule has 3 aromatic heterocycles. The Bertz CT molecular complexity index is 2120. The van der Waals surface area contributed by atoms with Crippen LogP contribution < -0.4 is 5.32 Å². The fourth-order valence-electron chi connectivity index (χ4n) is 6.22. The molecule has 4 atom stereocenters. The number of carbonyl (C=O) groups is 1. The van der Waals surface area contributed by atoms with E-state index in [1.807, 2.05) is 0 Å². The quantitative estimate of drug-likeness (QED) is 0.0803. The van der Waals surface area contributed by atoms with Crippen LogP contribution in [0.1, 0.15) is 59.2 Å². The molecule has 4 heterocycles. The molecule has 268 valence electrons. The van der Waals surface area contributed by atoms with Crippen LogP contribution in [0.5, 0.6) is 0 Å². The number of carbonyl (C=O) groups excluding carboxylic acids is 1. The number of dihydropyridines is 1. The highest BCUT2D eigenvalue weighted by molar-refractivity contribution is 14.1. The summed E-state index contributed by atoms with van der Waals surface area (Å²) in [7, 11) is 0. The van der Waals surface area contributed by atoms with Gasteiger partial charge in [-0.1, -0.05) is 47.4 Å². The monoisotopic (exact) mass is 826 g/mol. The average Bonchev–Trinajstić information content (AvgIpc) is 3.70. The van der Waals surface area contributed by atoms with Gasteiger partial charge in [-0.3, -0.25) is 14.5 Å². The van der Waals surface area contributed by atoms with Gasteiger partial charge in [-0.2, -0.15) is 27.1 Å². The lowest BCUT2D eigenvalue weighted by atomic mass is 9.89. The van der Waals surface area contributed by atoms with Gasteiger partial charge in [0.15, 0.2) is 5.69 Å². The van der Waals surface area contributed by atoms with Gasteiger partial charge in [-0.05, 0) is 56.5 Å². The van der Waals surface area contributed by atoms with E-state index in [9.17, 15) is 31.9 Å². The third-order valence-electron chi connectivity index (χ3n) is 8.55. The summed E-state index contributed by atoms with van der Waals surface area (Å²) in [6.45, 7) is 3.06. The summed E-state index contributed by atoms with van der Waals surface area (Å²) in [6, 6.07) is 4.40. The Morgan fingerprint density at radius 3 is 2.57 bits per heavy atom.